The second kappa shape index (κ2) is 13.5. The maximum absolute atomic E-state index is 15.0. The molecule has 12 heteroatoms. The summed E-state index contributed by atoms with van der Waals surface area (Å²) < 4.78 is 8.73. The van der Waals surface area contributed by atoms with Gasteiger partial charge in [-0.1, -0.05) is 24.3 Å². The number of hydrogen-bond acceptors (Lipinski definition) is 8. The van der Waals surface area contributed by atoms with Gasteiger partial charge in [0.25, 0.3) is 5.91 Å². The molecule has 0 unspecified atom stereocenters. The highest BCUT2D eigenvalue weighted by Gasteiger charge is 2.65. The summed E-state index contributed by atoms with van der Waals surface area (Å²) in [6, 6.07) is 13.7. The van der Waals surface area contributed by atoms with Crippen molar-refractivity contribution >= 4 is 34.8 Å². The number of ether oxygens (including phenoxy) is 1. The van der Waals surface area contributed by atoms with Crippen molar-refractivity contribution in [3.63, 3.8) is 0 Å². The smallest absolute Gasteiger partial charge is 0.264 e. The van der Waals surface area contributed by atoms with Gasteiger partial charge >= 0.3 is 0 Å². The van der Waals surface area contributed by atoms with Crippen molar-refractivity contribution in [2.24, 2.45) is 11.8 Å². The van der Waals surface area contributed by atoms with Gasteiger partial charge in [0, 0.05) is 80.5 Å². The van der Waals surface area contributed by atoms with E-state index in [-0.39, 0.29) is 24.3 Å². The Morgan fingerprint density at radius 3 is 2.24 bits per heavy atom. The zero-order chi connectivity index (χ0) is 35.2. The van der Waals surface area contributed by atoms with E-state index in [1.54, 1.807) is 29.6 Å². The van der Waals surface area contributed by atoms with Crippen LogP contribution in [0.1, 0.15) is 82.5 Å². The number of amides is 3. The predicted octanol–water partition coefficient (Wildman–Crippen LogP) is 4.10. The zero-order valence-corrected chi connectivity index (χ0v) is 29.3. The molecule has 7 rings (SSSR count). The number of anilines is 3. The van der Waals surface area contributed by atoms with Gasteiger partial charge in [-0.15, -0.1) is 5.10 Å². The van der Waals surface area contributed by atoms with Crippen molar-refractivity contribution in [3.8, 4) is 0 Å². The molecule has 0 radical (unpaired) electrons. The van der Waals surface area contributed by atoms with E-state index in [2.05, 4.69) is 10.3 Å². The summed E-state index contributed by atoms with van der Waals surface area (Å²) in [6.45, 7) is 7.60. The minimum atomic E-state index is -1.38. The average Bonchev–Trinajstić information content (AvgIpc) is 3.74. The maximum atomic E-state index is 15.0. The summed E-state index contributed by atoms with van der Waals surface area (Å²) >= 11 is 0. The first-order valence-corrected chi connectivity index (χ1v) is 18.1. The van der Waals surface area contributed by atoms with Gasteiger partial charge in [0.2, 0.25) is 11.8 Å². The molecule has 4 aliphatic heterocycles. The van der Waals surface area contributed by atoms with Crippen molar-refractivity contribution in [3.05, 3.63) is 65.5 Å². The van der Waals surface area contributed by atoms with Crippen LogP contribution in [-0.4, -0.2) is 74.3 Å². The number of aryl methyl sites for hydroxylation is 1. The number of rotatable bonds is 10. The first kappa shape index (κ1) is 34.3. The Labute approximate surface area is 293 Å². The fourth-order valence-corrected chi connectivity index (χ4v) is 8.72. The molecular weight excluding hydrogens is 636 g/mol. The molecule has 3 amide bonds. The molecule has 1 spiro atoms. The van der Waals surface area contributed by atoms with Crippen LogP contribution in [0.3, 0.4) is 0 Å². The molecule has 0 saturated carbocycles. The third-order valence-electron chi connectivity index (χ3n) is 11.1. The molecule has 2 aromatic carbocycles. The summed E-state index contributed by atoms with van der Waals surface area (Å²) in [5, 5.41) is 29.3. The molecule has 2 N–H and O–H groups in total. The molecule has 0 bridgehead atoms. The lowest BCUT2D eigenvalue weighted by Crippen LogP contribution is -2.46. The molecule has 0 aliphatic carbocycles. The number of aliphatic hydroxyl groups excluding tert-OH is 1. The summed E-state index contributed by atoms with van der Waals surface area (Å²) in [5.41, 5.74) is 2.09. The molecule has 3 saturated heterocycles. The van der Waals surface area contributed by atoms with Gasteiger partial charge in [-0.3, -0.25) is 19.1 Å². The Morgan fingerprint density at radius 2 is 1.60 bits per heavy atom. The second-order valence-electron chi connectivity index (χ2n) is 14.9. The van der Waals surface area contributed by atoms with Crippen molar-refractivity contribution in [1.29, 1.82) is 0 Å². The van der Waals surface area contributed by atoms with Gasteiger partial charge in [-0.2, -0.15) is 0 Å². The van der Waals surface area contributed by atoms with Crippen LogP contribution >= 0.6 is 0 Å². The molecule has 5 heterocycles. The van der Waals surface area contributed by atoms with Gasteiger partial charge in [0.1, 0.15) is 0 Å². The number of piperidine rings is 2. The normalized spacial score (nSPS) is 25.7. The molecular formula is C38H48N6O6. The first-order chi connectivity index (χ1) is 24.0. The van der Waals surface area contributed by atoms with Crippen LogP contribution < -0.4 is 14.7 Å². The van der Waals surface area contributed by atoms with Gasteiger partial charge < -0.3 is 29.6 Å². The average molecular weight is 685 g/mol. The number of nitrogens with zero attached hydrogens (tertiary/aromatic N) is 6. The van der Waals surface area contributed by atoms with Crippen LogP contribution in [0.4, 0.5) is 17.1 Å². The van der Waals surface area contributed by atoms with Crippen LogP contribution in [0.2, 0.25) is 0 Å². The summed E-state index contributed by atoms with van der Waals surface area (Å²) in [6.07, 6.45) is 6.92. The quantitative estimate of drug-likeness (QED) is 0.325. The minimum Gasteiger partial charge on any atom is -0.396 e. The molecule has 1 aromatic heterocycles. The van der Waals surface area contributed by atoms with Gasteiger partial charge in [0.05, 0.1) is 29.6 Å². The lowest BCUT2D eigenvalue weighted by Gasteiger charge is -2.34. The Kier molecular flexibility index (Phi) is 9.29. The van der Waals surface area contributed by atoms with Crippen LogP contribution in [0, 0.1) is 11.8 Å². The molecule has 4 atom stereocenters. The fraction of sp³-hybridized carbons (Fsp3) is 0.553. The fourth-order valence-electron chi connectivity index (χ4n) is 8.72. The summed E-state index contributed by atoms with van der Waals surface area (Å²) in [5.74, 6) is -0.805. The second-order valence-corrected chi connectivity index (χ2v) is 14.9. The number of carbonyl (C=O) groups excluding carboxylic acids is 3. The standard InChI is InChI=1S/C38H48N6O6/c1-25-35(37(2,3)49)32(16-20-41-24-27(17-21-45)39-40-41)50-38(25)30-22-29(43-19-7-5-9-34(43)47)14-15-31(30)44(36(38)48)23-26-10-12-28(13-11-26)42-18-6-4-8-33(42)46/h10-15,22,24-25,32,35,45,49H,4-9,16-21,23H2,1-3H3/t25-,32+,35-,38+/m1/s1. The molecule has 3 fully saturated rings. The van der Waals surface area contributed by atoms with E-state index >= 15 is 4.79 Å². The summed E-state index contributed by atoms with van der Waals surface area (Å²) in [7, 11) is 0. The highest BCUT2D eigenvalue weighted by atomic mass is 16.5. The number of benzene rings is 2. The third-order valence-corrected chi connectivity index (χ3v) is 11.1. The van der Waals surface area contributed by atoms with E-state index in [1.807, 2.05) is 59.2 Å². The Bertz CT molecular complexity index is 1750. The van der Waals surface area contributed by atoms with Crippen molar-refractivity contribution < 1.29 is 29.3 Å². The Balaban J connectivity index is 1.24. The van der Waals surface area contributed by atoms with Crippen LogP contribution in [0.5, 0.6) is 0 Å². The van der Waals surface area contributed by atoms with Crippen LogP contribution in [0.25, 0.3) is 0 Å². The molecule has 50 heavy (non-hydrogen) atoms. The topological polar surface area (TPSA) is 141 Å². The van der Waals surface area contributed by atoms with E-state index in [0.717, 1.165) is 48.3 Å². The molecule has 3 aromatic rings. The number of aliphatic hydroxyl groups is 2. The third kappa shape index (κ3) is 6.11. The number of carbonyl (C=O) groups is 3. The van der Waals surface area contributed by atoms with Crippen molar-refractivity contribution in [1.82, 2.24) is 15.0 Å². The number of hydrogen-bond donors (Lipinski definition) is 2. The van der Waals surface area contributed by atoms with Crippen molar-refractivity contribution in [2.45, 2.75) is 103 Å². The molecule has 12 nitrogen and oxygen atoms in total. The lowest BCUT2D eigenvalue weighted by molar-refractivity contribution is -0.146. The van der Waals surface area contributed by atoms with Crippen molar-refractivity contribution in [2.75, 3.05) is 34.4 Å². The van der Waals surface area contributed by atoms with E-state index in [1.165, 1.54) is 0 Å². The van der Waals surface area contributed by atoms with Gasteiger partial charge in [-0.05, 0) is 81.8 Å². The largest absolute Gasteiger partial charge is 0.396 e. The van der Waals surface area contributed by atoms with Gasteiger partial charge in [0.15, 0.2) is 5.60 Å². The predicted molar refractivity (Wildman–Crippen MR) is 187 cm³/mol. The maximum Gasteiger partial charge on any atom is 0.264 e. The minimum absolute atomic E-state index is 0.0173. The highest BCUT2D eigenvalue weighted by molar-refractivity contribution is 6.08. The van der Waals surface area contributed by atoms with E-state index in [0.29, 0.717) is 63.1 Å². The van der Waals surface area contributed by atoms with E-state index in [9.17, 15) is 19.8 Å². The van der Waals surface area contributed by atoms with Gasteiger partial charge in [-0.25, -0.2) is 0 Å². The molecule has 266 valence electrons. The lowest BCUT2D eigenvalue weighted by atomic mass is 9.70. The summed E-state index contributed by atoms with van der Waals surface area (Å²) in [4.78, 5) is 46.0. The molecule has 4 aliphatic rings. The van der Waals surface area contributed by atoms with Crippen LogP contribution in [0.15, 0.2) is 48.7 Å². The Morgan fingerprint density at radius 1 is 0.940 bits per heavy atom. The zero-order valence-electron chi connectivity index (χ0n) is 29.3. The van der Waals surface area contributed by atoms with Crippen LogP contribution in [-0.2, 0) is 44.2 Å². The Hall–Kier alpha value is -4.13. The highest BCUT2D eigenvalue weighted by Crippen LogP contribution is 2.58. The van der Waals surface area contributed by atoms with E-state index < -0.39 is 29.1 Å². The SMILES string of the molecule is C[C@@H]1[C@@H](C(C)(C)O)[C@H](CCn2cc(CCO)nn2)O[C@@]12C(=O)N(Cc1ccc(N3CCCCC3=O)cc1)c1ccc(N3CCCCC3=O)cc12. The number of fused-ring (bicyclic) bond motifs is 2. The number of aromatic nitrogens is 3. The van der Waals surface area contributed by atoms with E-state index in [4.69, 9.17) is 4.74 Å². The first-order valence-electron chi connectivity index (χ1n) is 18.1. The monoisotopic (exact) mass is 684 g/mol.